The second-order valence-electron chi connectivity index (χ2n) is 5.27. The number of hydrogen-bond acceptors (Lipinski definition) is 2. The standard InChI is InChI=1S/C14H18Cl2N2/c15-12-7-11(8-13(16)9-12)14(10-1-2-10)18-5-3-17-4-6-18/h7-10,14,17H,1-6H2/t14-/m0/s1. The van der Waals surface area contributed by atoms with Gasteiger partial charge in [-0.05, 0) is 42.5 Å². The maximum absolute atomic E-state index is 6.14. The molecule has 0 bridgehead atoms. The molecular formula is C14H18Cl2N2. The summed E-state index contributed by atoms with van der Waals surface area (Å²) in [4.78, 5) is 2.58. The molecule has 1 aromatic carbocycles. The second kappa shape index (κ2) is 5.38. The van der Waals surface area contributed by atoms with Crippen molar-refractivity contribution in [1.29, 1.82) is 0 Å². The molecule has 2 nitrogen and oxygen atoms in total. The van der Waals surface area contributed by atoms with E-state index in [1.54, 1.807) is 0 Å². The molecule has 18 heavy (non-hydrogen) atoms. The van der Waals surface area contributed by atoms with Crippen molar-refractivity contribution in [1.82, 2.24) is 10.2 Å². The van der Waals surface area contributed by atoms with Crippen molar-refractivity contribution in [3.05, 3.63) is 33.8 Å². The van der Waals surface area contributed by atoms with E-state index >= 15 is 0 Å². The zero-order chi connectivity index (χ0) is 12.5. The number of nitrogens with one attached hydrogen (secondary N) is 1. The molecule has 4 heteroatoms. The van der Waals surface area contributed by atoms with Crippen molar-refractivity contribution in [2.45, 2.75) is 18.9 Å². The van der Waals surface area contributed by atoms with E-state index in [0.29, 0.717) is 6.04 Å². The highest BCUT2D eigenvalue weighted by Crippen LogP contribution is 2.45. The Morgan fingerprint density at radius 3 is 2.22 bits per heavy atom. The first-order valence-corrected chi connectivity index (χ1v) is 7.40. The molecule has 3 rings (SSSR count). The summed E-state index contributed by atoms with van der Waals surface area (Å²) in [6, 6.07) is 6.48. The lowest BCUT2D eigenvalue weighted by atomic mass is 10.00. The summed E-state index contributed by atoms with van der Waals surface area (Å²) in [7, 11) is 0. The molecule has 0 amide bonds. The highest BCUT2D eigenvalue weighted by Gasteiger charge is 2.36. The van der Waals surface area contributed by atoms with Gasteiger partial charge in [-0.3, -0.25) is 4.90 Å². The number of nitrogens with zero attached hydrogens (tertiary/aromatic N) is 1. The molecule has 1 saturated carbocycles. The predicted octanol–water partition coefficient (Wildman–Crippen LogP) is 3.35. The van der Waals surface area contributed by atoms with Crippen molar-refractivity contribution in [3.63, 3.8) is 0 Å². The summed E-state index contributed by atoms with van der Waals surface area (Å²) in [5.74, 6) is 0.789. The Morgan fingerprint density at radius 2 is 1.67 bits per heavy atom. The molecule has 98 valence electrons. The van der Waals surface area contributed by atoms with E-state index in [2.05, 4.69) is 22.3 Å². The number of hydrogen-bond donors (Lipinski definition) is 1. The Kier molecular flexibility index (Phi) is 3.81. The van der Waals surface area contributed by atoms with Crippen molar-refractivity contribution in [3.8, 4) is 0 Å². The first kappa shape index (κ1) is 12.7. The zero-order valence-corrected chi connectivity index (χ0v) is 11.8. The molecule has 1 aliphatic heterocycles. The molecule has 1 aliphatic carbocycles. The highest BCUT2D eigenvalue weighted by atomic mass is 35.5. The minimum atomic E-state index is 0.503. The van der Waals surface area contributed by atoms with Crippen LogP contribution in [0.4, 0.5) is 0 Å². The van der Waals surface area contributed by atoms with E-state index in [4.69, 9.17) is 23.2 Å². The van der Waals surface area contributed by atoms with Gasteiger partial charge in [0.15, 0.2) is 0 Å². The van der Waals surface area contributed by atoms with E-state index in [1.807, 2.05) is 6.07 Å². The van der Waals surface area contributed by atoms with Gasteiger partial charge in [0.05, 0.1) is 0 Å². The Labute approximate surface area is 118 Å². The van der Waals surface area contributed by atoms with Crippen LogP contribution in [0.3, 0.4) is 0 Å². The van der Waals surface area contributed by atoms with Gasteiger partial charge in [0, 0.05) is 42.3 Å². The van der Waals surface area contributed by atoms with Gasteiger partial charge in [0.25, 0.3) is 0 Å². The Balaban J connectivity index is 1.88. The monoisotopic (exact) mass is 284 g/mol. The van der Waals surface area contributed by atoms with Gasteiger partial charge < -0.3 is 5.32 Å². The average Bonchev–Trinajstić information content (AvgIpc) is 3.14. The van der Waals surface area contributed by atoms with Gasteiger partial charge in [-0.15, -0.1) is 0 Å². The largest absolute Gasteiger partial charge is 0.314 e. The van der Waals surface area contributed by atoms with E-state index < -0.39 is 0 Å². The molecule has 1 heterocycles. The number of rotatable bonds is 3. The molecular weight excluding hydrogens is 267 g/mol. The topological polar surface area (TPSA) is 15.3 Å². The Bertz CT molecular complexity index is 406. The molecule has 2 fully saturated rings. The van der Waals surface area contributed by atoms with Crippen LogP contribution in [0, 0.1) is 5.92 Å². The second-order valence-corrected chi connectivity index (χ2v) is 6.14. The predicted molar refractivity (Wildman–Crippen MR) is 76.4 cm³/mol. The van der Waals surface area contributed by atoms with E-state index in [1.165, 1.54) is 18.4 Å². The van der Waals surface area contributed by atoms with E-state index in [0.717, 1.165) is 42.1 Å². The third kappa shape index (κ3) is 2.83. The Morgan fingerprint density at radius 1 is 1.06 bits per heavy atom. The van der Waals surface area contributed by atoms with Crippen LogP contribution in [0.15, 0.2) is 18.2 Å². The summed E-state index contributed by atoms with van der Waals surface area (Å²) in [5, 5.41) is 4.91. The number of benzene rings is 1. The molecule has 0 spiro atoms. The lowest BCUT2D eigenvalue weighted by Crippen LogP contribution is -2.45. The van der Waals surface area contributed by atoms with Gasteiger partial charge in [-0.25, -0.2) is 0 Å². The van der Waals surface area contributed by atoms with Gasteiger partial charge in [0.2, 0.25) is 0 Å². The summed E-state index contributed by atoms with van der Waals surface area (Å²) in [6.45, 7) is 4.39. The minimum absolute atomic E-state index is 0.503. The third-order valence-corrected chi connectivity index (χ3v) is 4.28. The normalized spacial score (nSPS) is 23.0. The lowest BCUT2D eigenvalue weighted by molar-refractivity contribution is 0.156. The summed E-state index contributed by atoms with van der Waals surface area (Å²) in [6.07, 6.45) is 2.66. The van der Waals surface area contributed by atoms with Crippen LogP contribution in [-0.4, -0.2) is 31.1 Å². The fraction of sp³-hybridized carbons (Fsp3) is 0.571. The first-order valence-electron chi connectivity index (χ1n) is 6.65. The molecule has 1 saturated heterocycles. The highest BCUT2D eigenvalue weighted by molar-refractivity contribution is 6.34. The molecule has 2 aliphatic rings. The third-order valence-electron chi connectivity index (χ3n) is 3.84. The average molecular weight is 285 g/mol. The quantitative estimate of drug-likeness (QED) is 0.916. The summed E-state index contributed by atoms with van der Waals surface area (Å²) >= 11 is 12.3. The smallest absolute Gasteiger partial charge is 0.0424 e. The molecule has 0 aromatic heterocycles. The molecule has 1 atom stereocenters. The van der Waals surface area contributed by atoms with E-state index in [9.17, 15) is 0 Å². The lowest BCUT2D eigenvalue weighted by Gasteiger charge is -2.35. The van der Waals surface area contributed by atoms with Crippen molar-refractivity contribution in [2.75, 3.05) is 26.2 Å². The van der Waals surface area contributed by atoms with Crippen molar-refractivity contribution < 1.29 is 0 Å². The minimum Gasteiger partial charge on any atom is -0.314 e. The van der Waals surface area contributed by atoms with Crippen LogP contribution in [-0.2, 0) is 0 Å². The van der Waals surface area contributed by atoms with Gasteiger partial charge >= 0.3 is 0 Å². The number of piperazine rings is 1. The van der Waals surface area contributed by atoms with Crippen LogP contribution in [0.25, 0.3) is 0 Å². The maximum Gasteiger partial charge on any atom is 0.0424 e. The fourth-order valence-corrected chi connectivity index (χ4v) is 3.44. The Hall–Kier alpha value is -0.280. The van der Waals surface area contributed by atoms with Crippen molar-refractivity contribution >= 4 is 23.2 Å². The van der Waals surface area contributed by atoms with Crippen LogP contribution in [0.5, 0.6) is 0 Å². The summed E-state index contributed by atoms with van der Waals surface area (Å²) < 4.78 is 0. The number of halogens is 2. The molecule has 1 N–H and O–H groups in total. The van der Waals surface area contributed by atoms with Gasteiger partial charge in [-0.2, -0.15) is 0 Å². The summed E-state index contributed by atoms with van der Waals surface area (Å²) in [5.41, 5.74) is 1.29. The molecule has 1 aromatic rings. The van der Waals surface area contributed by atoms with E-state index in [-0.39, 0.29) is 0 Å². The van der Waals surface area contributed by atoms with Crippen molar-refractivity contribution in [2.24, 2.45) is 5.92 Å². The van der Waals surface area contributed by atoms with Gasteiger partial charge in [-0.1, -0.05) is 23.2 Å². The van der Waals surface area contributed by atoms with Crippen LogP contribution < -0.4 is 5.32 Å². The van der Waals surface area contributed by atoms with Crippen LogP contribution in [0.1, 0.15) is 24.4 Å². The molecule has 0 radical (unpaired) electrons. The fourth-order valence-electron chi connectivity index (χ4n) is 2.90. The zero-order valence-electron chi connectivity index (χ0n) is 10.3. The van der Waals surface area contributed by atoms with Gasteiger partial charge in [0.1, 0.15) is 0 Å². The SMILES string of the molecule is Clc1cc(Cl)cc([C@H](C2CC2)N2CCNCC2)c1. The van der Waals surface area contributed by atoms with Crippen LogP contribution in [0.2, 0.25) is 10.0 Å². The molecule has 0 unspecified atom stereocenters. The first-order chi connectivity index (χ1) is 8.74. The maximum atomic E-state index is 6.14. The van der Waals surface area contributed by atoms with Crippen LogP contribution >= 0.6 is 23.2 Å².